The zero-order valence-corrected chi connectivity index (χ0v) is 13.0. The van der Waals surface area contributed by atoms with Gasteiger partial charge in [-0.05, 0) is 44.4 Å². The van der Waals surface area contributed by atoms with Crippen LogP contribution >= 0.6 is 0 Å². The molecule has 4 atom stereocenters. The second-order valence-electron chi connectivity index (χ2n) is 6.77. The van der Waals surface area contributed by atoms with Crippen molar-refractivity contribution in [3.63, 3.8) is 0 Å². The minimum atomic E-state index is -2.46. The van der Waals surface area contributed by atoms with Crippen LogP contribution in [0.25, 0.3) is 0 Å². The molecule has 0 amide bonds. The van der Waals surface area contributed by atoms with Gasteiger partial charge >= 0.3 is 0 Å². The fourth-order valence-electron chi connectivity index (χ4n) is 4.86. The zero-order valence-electron chi connectivity index (χ0n) is 19.0. The van der Waals surface area contributed by atoms with Gasteiger partial charge in [0.25, 0.3) is 0 Å². The Morgan fingerprint density at radius 3 is 3.26 bits per heavy atom. The number of carbonyl (C=O) groups excluding carboxylic acids is 1. The number of hydrogen-bond donors (Lipinski definition) is 1. The summed E-state index contributed by atoms with van der Waals surface area (Å²) in [5.74, 6) is -0.175. The maximum Gasteiger partial charge on any atom is 0.211 e. The van der Waals surface area contributed by atoms with Gasteiger partial charge in [0.2, 0.25) is 1.43 Å². The van der Waals surface area contributed by atoms with Gasteiger partial charge < -0.3 is 19.5 Å². The average molecular weight is 321 g/mol. The lowest BCUT2D eigenvalue weighted by atomic mass is 9.49. The smallest absolute Gasteiger partial charge is 0.211 e. The van der Waals surface area contributed by atoms with E-state index in [1.165, 1.54) is 12.0 Å². The van der Waals surface area contributed by atoms with Gasteiger partial charge in [-0.3, -0.25) is 4.79 Å². The fourth-order valence-corrected chi connectivity index (χ4v) is 4.86. The highest BCUT2D eigenvalue weighted by atomic mass is 16.5. The summed E-state index contributed by atoms with van der Waals surface area (Å²) in [6, 6.07) is -2.83. The molecule has 122 valence electrons. The lowest BCUT2D eigenvalue weighted by Crippen LogP contribution is -2.76. The van der Waals surface area contributed by atoms with E-state index < -0.39 is 35.6 Å². The first-order valence-corrected chi connectivity index (χ1v) is 7.84. The molecule has 2 aliphatic heterocycles. The number of nitrogens with zero attached hydrogens (tertiary/aromatic N) is 1. The Labute approximate surface area is 143 Å². The SMILES string of the molecule is [2H]O[C@@]12CCC(=O)C3Oc4c(OC)c([2H])c([2H])c5c4[C@@]31CCN(C)[C@]2([2H])C5([2H])[2H]. The van der Waals surface area contributed by atoms with E-state index in [4.69, 9.17) is 21.5 Å². The molecular weight excluding hydrogens is 294 g/mol. The molecule has 0 radical (unpaired) electrons. The number of benzene rings is 1. The number of Topliss-reactive ketones (excluding diaryl/α,β-unsaturated/α-hetero) is 1. The first-order chi connectivity index (χ1) is 13.6. The van der Waals surface area contributed by atoms with Gasteiger partial charge in [0.1, 0.15) is 0 Å². The molecule has 1 spiro atoms. The summed E-state index contributed by atoms with van der Waals surface area (Å²) in [5.41, 5.74) is -2.84. The molecule has 1 aromatic rings. The number of methoxy groups -OCH3 is 1. The second-order valence-corrected chi connectivity index (χ2v) is 6.77. The molecular formula is C18H21NO4. The average Bonchev–Trinajstić information content (AvgIpc) is 3.02. The Morgan fingerprint density at radius 2 is 2.48 bits per heavy atom. The highest BCUT2D eigenvalue weighted by Crippen LogP contribution is 2.64. The first-order valence-electron chi connectivity index (χ1n) is 10.7. The monoisotopic (exact) mass is 321 g/mol. The number of ether oxygens (including phenoxy) is 2. The fraction of sp³-hybridized carbons (Fsp3) is 0.611. The van der Waals surface area contributed by atoms with Crippen LogP contribution in [-0.4, -0.2) is 55.6 Å². The van der Waals surface area contributed by atoms with E-state index in [2.05, 4.69) is 0 Å². The predicted octanol–water partition coefficient (Wildman–Crippen LogP) is 1.05. The number of hydrogen-bond acceptors (Lipinski definition) is 5. The molecule has 1 aromatic carbocycles. The summed E-state index contributed by atoms with van der Waals surface area (Å²) >= 11 is 0. The molecule has 1 saturated carbocycles. The summed E-state index contributed by atoms with van der Waals surface area (Å²) in [6.45, 7) is 0.290. The summed E-state index contributed by atoms with van der Waals surface area (Å²) in [6.07, 6.45) is -3.24. The molecule has 0 aromatic heterocycles. The van der Waals surface area contributed by atoms with Gasteiger partial charge in [-0.1, -0.05) is 6.04 Å². The predicted molar refractivity (Wildman–Crippen MR) is 83.0 cm³/mol. The van der Waals surface area contributed by atoms with Crippen LogP contribution in [0.15, 0.2) is 12.1 Å². The molecule has 4 aliphatic rings. The Morgan fingerprint density at radius 1 is 1.61 bits per heavy atom. The van der Waals surface area contributed by atoms with Gasteiger partial charge in [0.15, 0.2) is 23.4 Å². The third-order valence-electron chi connectivity index (χ3n) is 5.90. The van der Waals surface area contributed by atoms with Crippen molar-refractivity contribution in [1.82, 2.24) is 4.90 Å². The first kappa shape index (κ1) is 9.04. The maximum absolute atomic E-state index is 13.0. The molecule has 5 rings (SSSR count). The van der Waals surface area contributed by atoms with Crippen molar-refractivity contribution in [2.45, 2.75) is 48.8 Å². The van der Waals surface area contributed by atoms with Crippen LogP contribution in [0, 0.1) is 0 Å². The molecule has 2 aliphatic carbocycles. The molecule has 1 unspecified atom stereocenters. The Kier molecular flexibility index (Phi) is 1.60. The zero-order chi connectivity index (χ0) is 21.1. The largest absolute Gasteiger partial charge is 0.493 e. The topological polar surface area (TPSA) is 59.0 Å². The summed E-state index contributed by atoms with van der Waals surface area (Å²) in [5, 5.41) is 5.30. The van der Waals surface area contributed by atoms with Crippen molar-refractivity contribution in [3.8, 4) is 11.5 Å². The number of likely N-dealkylation sites (N-methyl/N-ethyl adjacent to an activating group) is 1. The summed E-state index contributed by atoms with van der Waals surface area (Å²) in [7, 11) is 2.93. The van der Waals surface area contributed by atoms with Crippen LogP contribution in [0.5, 0.6) is 11.5 Å². The normalized spacial score (nSPS) is 49.7. The van der Waals surface area contributed by atoms with Crippen LogP contribution < -0.4 is 9.47 Å². The molecule has 1 N–H and O–H groups in total. The van der Waals surface area contributed by atoms with Gasteiger partial charge in [-0.2, -0.15) is 0 Å². The number of ketones is 1. The van der Waals surface area contributed by atoms with Crippen molar-refractivity contribution in [2.75, 3.05) is 20.7 Å². The Balaban J connectivity index is 2.03. The molecule has 1 saturated heterocycles. The van der Waals surface area contributed by atoms with Gasteiger partial charge in [0.05, 0.1) is 22.2 Å². The Hall–Kier alpha value is -1.59. The molecule has 5 nitrogen and oxygen atoms in total. The number of aliphatic hydroxyl groups is 1. The highest BCUT2D eigenvalue weighted by Gasteiger charge is 2.72. The minimum Gasteiger partial charge on any atom is -0.493 e. The van der Waals surface area contributed by atoms with Crippen LogP contribution in [-0.2, 0) is 16.6 Å². The second kappa shape index (κ2) is 4.08. The number of piperidine rings is 1. The summed E-state index contributed by atoms with van der Waals surface area (Å²) < 4.78 is 63.6. The van der Waals surface area contributed by atoms with Crippen LogP contribution in [0.2, 0.25) is 0 Å². The van der Waals surface area contributed by atoms with Crippen LogP contribution in [0.4, 0.5) is 0 Å². The van der Waals surface area contributed by atoms with Gasteiger partial charge in [0, 0.05) is 20.7 Å². The molecule has 2 fully saturated rings. The number of likely N-dealkylation sites (tertiary alicyclic amines) is 1. The quantitative estimate of drug-likeness (QED) is 0.882. The van der Waals surface area contributed by atoms with E-state index in [1.54, 1.807) is 7.05 Å². The van der Waals surface area contributed by atoms with Crippen LogP contribution in [0.3, 0.4) is 0 Å². The van der Waals surface area contributed by atoms with E-state index >= 15 is 0 Å². The van der Waals surface area contributed by atoms with Crippen molar-refractivity contribution < 1.29 is 26.2 Å². The Bertz CT molecular complexity index is 972. The van der Waals surface area contributed by atoms with E-state index in [9.17, 15) is 6.17 Å². The number of carbonyl (C=O) groups is 1. The van der Waals surface area contributed by atoms with E-state index in [0.29, 0.717) is 13.0 Å². The minimum absolute atomic E-state index is 0.000299. The van der Waals surface area contributed by atoms with E-state index in [-0.39, 0.29) is 47.3 Å². The number of rotatable bonds is 2. The third-order valence-corrected chi connectivity index (χ3v) is 5.90. The van der Waals surface area contributed by atoms with E-state index in [1.807, 2.05) is 0 Å². The van der Waals surface area contributed by atoms with Crippen molar-refractivity contribution in [2.24, 2.45) is 0 Å². The summed E-state index contributed by atoms with van der Waals surface area (Å²) in [4.78, 5) is 14.5. The van der Waals surface area contributed by atoms with Gasteiger partial charge in [-0.25, -0.2) is 0 Å². The molecule has 2 bridgehead atoms. The standard InChI is InChI=1S/C18H21NO4/c1-19-8-7-17-14-10-3-4-12(22-2)15(14)23-16(17)11(20)5-6-18(17,21)13(19)9-10/h3-4,13,16,21H,5-9H2,1-2H3/t13-,16?,17+,18-/m1/s1/i3D,4D,9D2,13D,21D. The maximum atomic E-state index is 13.0. The molecule has 5 heteroatoms. The van der Waals surface area contributed by atoms with Crippen molar-refractivity contribution in [1.29, 1.82) is 1.43 Å². The lowest BCUT2D eigenvalue weighted by molar-refractivity contribution is -0.185. The van der Waals surface area contributed by atoms with Crippen molar-refractivity contribution >= 4 is 5.78 Å². The molecule has 2 heterocycles. The van der Waals surface area contributed by atoms with Gasteiger partial charge in [-0.15, -0.1) is 0 Å². The highest BCUT2D eigenvalue weighted by molar-refractivity contribution is 5.90. The van der Waals surface area contributed by atoms with E-state index in [0.717, 1.165) is 0 Å². The van der Waals surface area contributed by atoms with Crippen molar-refractivity contribution in [3.05, 3.63) is 23.2 Å². The third kappa shape index (κ3) is 1.32. The van der Waals surface area contributed by atoms with Crippen LogP contribution in [0.1, 0.15) is 37.2 Å². The molecule has 23 heavy (non-hydrogen) atoms. The lowest BCUT2D eigenvalue weighted by Gasteiger charge is -2.62.